The summed E-state index contributed by atoms with van der Waals surface area (Å²) in [6.07, 6.45) is 0.366. The Balaban J connectivity index is 1.99. The maximum atomic E-state index is 12.1. The molecule has 0 aliphatic heterocycles. The molecule has 2 rings (SSSR count). The zero-order valence-corrected chi connectivity index (χ0v) is 11.7. The molecule has 104 valence electrons. The third-order valence-corrected chi connectivity index (χ3v) is 3.37. The van der Waals surface area contributed by atoms with Gasteiger partial charge in [-0.1, -0.05) is 54.6 Å². The molecular weight excluding hydrogens is 248 g/mol. The van der Waals surface area contributed by atoms with Crippen molar-refractivity contribution in [2.24, 2.45) is 5.73 Å². The molecule has 3 N–H and O–H groups in total. The molecule has 0 bridgehead atoms. The number of benzene rings is 2. The lowest BCUT2D eigenvalue weighted by Crippen LogP contribution is -2.28. The van der Waals surface area contributed by atoms with Gasteiger partial charge in [-0.3, -0.25) is 4.79 Å². The van der Waals surface area contributed by atoms with Crippen LogP contribution in [-0.2, 0) is 17.8 Å². The van der Waals surface area contributed by atoms with Crippen molar-refractivity contribution in [3.05, 3.63) is 71.3 Å². The van der Waals surface area contributed by atoms with Gasteiger partial charge in [-0.2, -0.15) is 0 Å². The fourth-order valence-electron chi connectivity index (χ4n) is 2.22. The van der Waals surface area contributed by atoms with E-state index in [1.54, 1.807) is 0 Å². The van der Waals surface area contributed by atoms with E-state index in [2.05, 4.69) is 5.32 Å². The number of hydrogen-bond donors (Lipinski definition) is 2. The Hall–Kier alpha value is -2.13. The van der Waals surface area contributed by atoms with Gasteiger partial charge in [0.05, 0.1) is 12.5 Å². The smallest absolute Gasteiger partial charge is 0.224 e. The Kier molecular flexibility index (Phi) is 4.91. The van der Waals surface area contributed by atoms with Crippen LogP contribution in [-0.4, -0.2) is 5.91 Å². The Labute approximate surface area is 119 Å². The first-order valence-electron chi connectivity index (χ1n) is 6.82. The van der Waals surface area contributed by atoms with Crippen LogP contribution >= 0.6 is 0 Å². The highest BCUT2D eigenvalue weighted by atomic mass is 16.1. The van der Waals surface area contributed by atoms with Crippen molar-refractivity contribution in [3.63, 3.8) is 0 Å². The Morgan fingerprint density at radius 1 is 1.05 bits per heavy atom. The molecular formula is C17H20N2O. The van der Waals surface area contributed by atoms with Crippen molar-refractivity contribution in [2.75, 3.05) is 0 Å². The molecule has 3 heteroatoms. The SMILES string of the molecule is C[C@H](NC(=O)Cc1ccccc1CN)c1ccccc1. The molecule has 0 aromatic heterocycles. The van der Waals surface area contributed by atoms with Crippen LogP contribution in [0.3, 0.4) is 0 Å². The number of hydrogen-bond acceptors (Lipinski definition) is 2. The number of carbonyl (C=O) groups excluding carboxylic acids is 1. The quantitative estimate of drug-likeness (QED) is 0.875. The summed E-state index contributed by atoms with van der Waals surface area (Å²) < 4.78 is 0. The van der Waals surface area contributed by atoms with Crippen molar-refractivity contribution in [1.29, 1.82) is 0 Å². The van der Waals surface area contributed by atoms with Gasteiger partial charge in [-0.05, 0) is 23.6 Å². The van der Waals surface area contributed by atoms with Crippen molar-refractivity contribution < 1.29 is 4.79 Å². The van der Waals surface area contributed by atoms with E-state index in [9.17, 15) is 4.79 Å². The molecule has 2 aromatic rings. The molecule has 1 atom stereocenters. The van der Waals surface area contributed by atoms with Gasteiger partial charge in [0.1, 0.15) is 0 Å². The Morgan fingerprint density at radius 3 is 2.30 bits per heavy atom. The summed E-state index contributed by atoms with van der Waals surface area (Å²) in [6.45, 7) is 2.44. The van der Waals surface area contributed by atoms with Gasteiger partial charge < -0.3 is 11.1 Å². The van der Waals surface area contributed by atoms with Gasteiger partial charge in [-0.25, -0.2) is 0 Å². The highest BCUT2D eigenvalue weighted by molar-refractivity contribution is 5.79. The van der Waals surface area contributed by atoms with Gasteiger partial charge in [-0.15, -0.1) is 0 Å². The maximum Gasteiger partial charge on any atom is 0.224 e. The minimum Gasteiger partial charge on any atom is -0.349 e. The van der Waals surface area contributed by atoms with Gasteiger partial charge in [0.2, 0.25) is 5.91 Å². The van der Waals surface area contributed by atoms with Crippen LogP contribution in [0.1, 0.15) is 29.7 Å². The fourth-order valence-corrected chi connectivity index (χ4v) is 2.22. The maximum absolute atomic E-state index is 12.1. The van der Waals surface area contributed by atoms with E-state index in [4.69, 9.17) is 5.73 Å². The molecule has 0 spiro atoms. The minimum atomic E-state index is 0.00809. The summed E-state index contributed by atoms with van der Waals surface area (Å²) in [5, 5.41) is 3.02. The second kappa shape index (κ2) is 6.87. The largest absolute Gasteiger partial charge is 0.349 e. The average molecular weight is 268 g/mol. The standard InChI is InChI=1S/C17H20N2O/c1-13(14-7-3-2-4-8-14)19-17(20)11-15-9-5-6-10-16(15)12-18/h2-10,13H,11-12,18H2,1H3,(H,19,20)/t13-/m0/s1. The second-order valence-corrected chi connectivity index (χ2v) is 4.85. The van der Waals surface area contributed by atoms with Crippen LogP contribution in [0.25, 0.3) is 0 Å². The predicted octanol–water partition coefficient (Wildman–Crippen LogP) is 2.57. The summed E-state index contributed by atoms with van der Waals surface area (Å²) in [7, 11) is 0. The molecule has 0 saturated heterocycles. The minimum absolute atomic E-state index is 0.00809. The number of amides is 1. The third-order valence-electron chi connectivity index (χ3n) is 3.37. The number of rotatable bonds is 5. The predicted molar refractivity (Wildman–Crippen MR) is 81.0 cm³/mol. The van der Waals surface area contributed by atoms with Gasteiger partial charge in [0.25, 0.3) is 0 Å². The molecule has 1 amide bonds. The second-order valence-electron chi connectivity index (χ2n) is 4.85. The third kappa shape index (κ3) is 3.68. The molecule has 0 heterocycles. The van der Waals surface area contributed by atoms with Crippen LogP contribution < -0.4 is 11.1 Å². The van der Waals surface area contributed by atoms with Crippen LogP contribution in [0.5, 0.6) is 0 Å². The van der Waals surface area contributed by atoms with Crippen molar-refractivity contribution in [3.8, 4) is 0 Å². The highest BCUT2D eigenvalue weighted by Gasteiger charge is 2.11. The Morgan fingerprint density at radius 2 is 1.65 bits per heavy atom. The zero-order chi connectivity index (χ0) is 14.4. The summed E-state index contributed by atoms with van der Waals surface area (Å²) in [5.41, 5.74) is 8.81. The lowest BCUT2D eigenvalue weighted by Gasteiger charge is -2.15. The first-order valence-corrected chi connectivity index (χ1v) is 6.82. The summed E-state index contributed by atoms with van der Waals surface area (Å²) in [4.78, 5) is 12.1. The molecule has 20 heavy (non-hydrogen) atoms. The summed E-state index contributed by atoms with van der Waals surface area (Å²) in [6, 6.07) is 17.7. The summed E-state index contributed by atoms with van der Waals surface area (Å²) >= 11 is 0. The van der Waals surface area contributed by atoms with Crippen LogP contribution in [0.4, 0.5) is 0 Å². The van der Waals surface area contributed by atoms with Crippen molar-refractivity contribution >= 4 is 5.91 Å². The summed E-state index contributed by atoms with van der Waals surface area (Å²) in [5.74, 6) is 0.0160. The number of nitrogens with one attached hydrogen (secondary N) is 1. The highest BCUT2D eigenvalue weighted by Crippen LogP contribution is 2.13. The van der Waals surface area contributed by atoms with Crippen LogP contribution in [0, 0.1) is 0 Å². The van der Waals surface area contributed by atoms with E-state index in [-0.39, 0.29) is 11.9 Å². The van der Waals surface area contributed by atoms with Crippen LogP contribution in [0.15, 0.2) is 54.6 Å². The lowest BCUT2D eigenvalue weighted by atomic mass is 10.0. The first-order chi connectivity index (χ1) is 9.70. The molecule has 0 unspecified atom stereocenters. The fraction of sp³-hybridized carbons (Fsp3) is 0.235. The average Bonchev–Trinajstić information content (AvgIpc) is 2.48. The number of nitrogens with two attached hydrogens (primary N) is 1. The molecule has 0 fully saturated rings. The van der Waals surface area contributed by atoms with E-state index in [1.165, 1.54) is 0 Å². The van der Waals surface area contributed by atoms with Crippen molar-refractivity contribution in [1.82, 2.24) is 5.32 Å². The number of carbonyl (C=O) groups is 1. The van der Waals surface area contributed by atoms with E-state index >= 15 is 0 Å². The molecule has 0 aliphatic rings. The van der Waals surface area contributed by atoms with E-state index in [1.807, 2.05) is 61.5 Å². The lowest BCUT2D eigenvalue weighted by molar-refractivity contribution is -0.121. The molecule has 3 nitrogen and oxygen atoms in total. The van der Waals surface area contributed by atoms with Gasteiger partial charge in [0, 0.05) is 6.54 Å². The van der Waals surface area contributed by atoms with Gasteiger partial charge in [0.15, 0.2) is 0 Å². The Bertz CT molecular complexity index is 566. The molecule has 0 aliphatic carbocycles. The topological polar surface area (TPSA) is 55.1 Å². The van der Waals surface area contributed by atoms with E-state index in [0.29, 0.717) is 13.0 Å². The normalized spacial score (nSPS) is 11.9. The monoisotopic (exact) mass is 268 g/mol. The first kappa shape index (κ1) is 14.3. The van der Waals surface area contributed by atoms with Gasteiger partial charge >= 0.3 is 0 Å². The zero-order valence-electron chi connectivity index (χ0n) is 11.7. The van der Waals surface area contributed by atoms with Crippen LogP contribution in [0.2, 0.25) is 0 Å². The molecule has 0 radical (unpaired) electrons. The van der Waals surface area contributed by atoms with E-state index in [0.717, 1.165) is 16.7 Å². The van der Waals surface area contributed by atoms with Crippen molar-refractivity contribution in [2.45, 2.75) is 25.9 Å². The molecule has 2 aromatic carbocycles. The van der Waals surface area contributed by atoms with E-state index < -0.39 is 0 Å². The molecule has 0 saturated carbocycles.